The summed E-state index contributed by atoms with van der Waals surface area (Å²) < 4.78 is 7.59. The van der Waals surface area contributed by atoms with Crippen LogP contribution in [-0.2, 0) is 4.74 Å². The Balaban J connectivity index is 1.61. The Labute approximate surface area is 190 Å². The molecule has 4 heterocycles. The van der Waals surface area contributed by atoms with Crippen molar-refractivity contribution >= 4 is 48.3 Å². The third-order valence-corrected chi connectivity index (χ3v) is 6.12. The monoisotopic (exact) mass is 522 g/mol. The van der Waals surface area contributed by atoms with E-state index in [1.54, 1.807) is 12.4 Å². The van der Waals surface area contributed by atoms with Gasteiger partial charge in [0, 0.05) is 6.54 Å². The number of fused-ring (bicyclic) bond motifs is 1. The molecule has 4 aromatic rings. The van der Waals surface area contributed by atoms with Crippen LogP contribution in [0.1, 0.15) is 11.8 Å². The summed E-state index contributed by atoms with van der Waals surface area (Å²) >= 11 is 6.06. The van der Waals surface area contributed by atoms with Gasteiger partial charge in [-0.2, -0.15) is 0 Å². The molecule has 148 valence electrons. The number of nitrogens with one attached hydrogen (secondary N) is 1. The van der Waals surface area contributed by atoms with Crippen molar-refractivity contribution in [3.63, 3.8) is 0 Å². The van der Waals surface area contributed by atoms with Crippen LogP contribution in [0, 0.1) is 0 Å². The first-order valence-corrected chi connectivity index (χ1v) is 11.2. The van der Waals surface area contributed by atoms with Gasteiger partial charge in [-0.05, 0) is 0 Å². The number of hydrogen-bond donors (Lipinski definition) is 1. The summed E-state index contributed by atoms with van der Waals surface area (Å²) in [5.74, 6) is 0. The first-order chi connectivity index (χ1) is 14.7. The van der Waals surface area contributed by atoms with Gasteiger partial charge in [0.25, 0.3) is 0 Å². The average Bonchev–Trinajstić information content (AvgIpc) is 2.79. The predicted molar refractivity (Wildman–Crippen MR) is 118 cm³/mol. The normalized spacial score (nSPS) is 16.7. The molecule has 7 nitrogen and oxygen atoms in total. The number of aromatic nitrogens is 5. The van der Waals surface area contributed by atoms with Crippen LogP contribution < -0.4 is 9.80 Å². The van der Waals surface area contributed by atoms with Gasteiger partial charge in [0.15, 0.2) is 0 Å². The summed E-state index contributed by atoms with van der Waals surface area (Å²) in [6.07, 6.45) is 4.96. The Morgan fingerprint density at radius 3 is 2.77 bits per heavy atom. The summed E-state index contributed by atoms with van der Waals surface area (Å²) in [4.78, 5) is 22.7. The van der Waals surface area contributed by atoms with Crippen LogP contribution >= 0.6 is 15.9 Å². The van der Waals surface area contributed by atoms with Gasteiger partial charge in [-0.3, -0.25) is 0 Å². The molecule has 0 saturated carbocycles. The van der Waals surface area contributed by atoms with Gasteiger partial charge in [-0.15, -0.1) is 0 Å². The topological polar surface area (TPSA) is 85.7 Å². The molecule has 1 fully saturated rings. The third-order valence-electron chi connectivity index (χ3n) is 4.91. The molecule has 1 aliphatic heterocycles. The van der Waals surface area contributed by atoms with Crippen molar-refractivity contribution in [2.75, 3.05) is 19.7 Å². The zero-order valence-electron chi connectivity index (χ0n) is 15.8. The molecule has 1 aliphatic rings. The van der Waals surface area contributed by atoms with Crippen LogP contribution in [0.15, 0.2) is 53.5 Å². The van der Waals surface area contributed by atoms with Gasteiger partial charge in [0.1, 0.15) is 0 Å². The second-order valence-electron chi connectivity index (χ2n) is 6.85. The molecule has 2 radical (unpaired) electrons. The zero-order valence-corrected chi connectivity index (χ0v) is 19.2. The third kappa shape index (κ3) is 3.88. The number of hydrogen-bond acceptors (Lipinski definition) is 7. The predicted octanol–water partition coefficient (Wildman–Crippen LogP) is 2.37. The van der Waals surface area contributed by atoms with Crippen LogP contribution in [0.2, 0.25) is 0 Å². The average molecular weight is 523 g/mol. The second kappa shape index (κ2) is 8.47. The molecule has 0 aliphatic carbocycles. The summed E-state index contributed by atoms with van der Waals surface area (Å²) in [6.45, 7) is 2.28. The molecular weight excluding hydrogens is 507 g/mol. The van der Waals surface area contributed by atoms with Gasteiger partial charge in [0.2, 0.25) is 0 Å². The van der Waals surface area contributed by atoms with Crippen LogP contribution in [0.25, 0.3) is 33.5 Å². The number of halogens is 1. The fourth-order valence-corrected chi connectivity index (χ4v) is 4.43. The fourth-order valence-electron chi connectivity index (χ4n) is 3.46. The molecule has 0 spiro atoms. The van der Waals surface area contributed by atoms with E-state index in [4.69, 9.17) is 9.72 Å². The first kappa shape index (κ1) is 19.7. The van der Waals surface area contributed by atoms with Gasteiger partial charge >= 0.3 is 184 Å². The van der Waals surface area contributed by atoms with Crippen molar-refractivity contribution in [2.45, 2.75) is 6.10 Å². The SMILES string of the molecule is [As]c1ncnc2nc(-c3cnc(C4CNCCO4)cn3)cc(-c3cccc(Br)c3)c12. The van der Waals surface area contributed by atoms with Crippen LogP contribution in [-0.4, -0.2) is 61.5 Å². The van der Waals surface area contributed by atoms with E-state index in [9.17, 15) is 0 Å². The van der Waals surface area contributed by atoms with Crippen molar-refractivity contribution in [3.8, 4) is 22.5 Å². The van der Waals surface area contributed by atoms with Crippen LogP contribution in [0.4, 0.5) is 0 Å². The minimum atomic E-state index is -0.0738. The number of pyridine rings is 1. The molecule has 5 rings (SSSR count). The second-order valence-corrected chi connectivity index (χ2v) is 8.66. The van der Waals surface area contributed by atoms with E-state index in [2.05, 4.69) is 70.2 Å². The van der Waals surface area contributed by atoms with E-state index >= 15 is 0 Å². The Morgan fingerprint density at radius 2 is 2.00 bits per heavy atom. The van der Waals surface area contributed by atoms with Crippen molar-refractivity contribution in [1.82, 2.24) is 30.2 Å². The maximum atomic E-state index is 5.76. The Hall–Kier alpha value is -2.25. The molecular formula is C21H16AsBrN6O. The van der Waals surface area contributed by atoms with E-state index in [0.717, 1.165) is 44.3 Å². The van der Waals surface area contributed by atoms with E-state index in [-0.39, 0.29) is 6.10 Å². The zero-order chi connectivity index (χ0) is 20.5. The molecule has 1 saturated heterocycles. The Kier molecular flexibility index (Phi) is 5.56. The molecule has 1 N–H and O–H groups in total. The quantitative estimate of drug-likeness (QED) is 0.413. The number of morpholine rings is 1. The van der Waals surface area contributed by atoms with E-state index in [1.165, 1.54) is 6.33 Å². The maximum absolute atomic E-state index is 5.76. The van der Waals surface area contributed by atoms with Gasteiger partial charge < -0.3 is 0 Å². The molecule has 9 heteroatoms. The van der Waals surface area contributed by atoms with Crippen molar-refractivity contribution in [1.29, 1.82) is 0 Å². The summed E-state index contributed by atoms with van der Waals surface area (Å²) in [5.41, 5.74) is 4.88. The van der Waals surface area contributed by atoms with E-state index in [1.807, 2.05) is 18.2 Å². The number of ether oxygens (including phenoxy) is 1. The van der Waals surface area contributed by atoms with Crippen molar-refractivity contribution in [3.05, 3.63) is 59.2 Å². The Morgan fingerprint density at radius 1 is 1.07 bits per heavy atom. The minimum absolute atomic E-state index is 0.0738. The molecule has 3 aromatic heterocycles. The van der Waals surface area contributed by atoms with Gasteiger partial charge in [0.05, 0.1) is 0 Å². The molecule has 0 amide bonds. The van der Waals surface area contributed by atoms with Gasteiger partial charge in [-0.25, -0.2) is 0 Å². The Bertz CT molecular complexity index is 1210. The summed E-state index contributed by atoms with van der Waals surface area (Å²) in [6, 6.07) is 10.2. The molecule has 1 atom stereocenters. The standard InChI is InChI=1S/C21H16AsBrN6O/c22-20-19-14(12-2-1-3-13(23)6-12)7-15(29-21(19)28-11-27-20)16-8-26-17(9-25-16)18-10-24-4-5-30-18/h1-3,6-9,11,18,24H,4-5,10H2. The number of benzene rings is 1. The molecule has 1 unspecified atom stereocenters. The number of rotatable bonds is 3. The first-order valence-electron chi connectivity index (χ1n) is 9.44. The van der Waals surface area contributed by atoms with Crippen molar-refractivity contribution in [2.24, 2.45) is 0 Å². The fraction of sp³-hybridized carbons (Fsp3) is 0.190. The van der Waals surface area contributed by atoms with E-state index < -0.39 is 0 Å². The van der Waals surface area contributed by atoms with Crippen LogP contribution in [0.5, 0.6) is 0 Å². The summed E-state index contributed by atoms with van der Waals surface area (Å²) in [7, 11) is 0. The molecule has 0 bridgehead atoms. The summed E-state index contributed by atoms with van der Waals surface area (Å²) in [5, 5.41) is 4.22. The van der Waals surface area contributed by atoms with Crippen LogP contribution in [0.3, 0.4) is 0 Å². The van der Waals surface area contributed by atoms with Gasteiger partial charge in [-0.1, -0.05) is 0 Å². The molecule has 1 aromatic carbocycles. The van der Waals surface area contributed by atoms with E-state index in [0.29, 0.717) is 23.6 Å². The molecule has 30 heavy (non-hydrogen) atoms. The number of nitrogens with zero attached hydrogens (tertiary/aromatic N) is 5. The van der Waals surface area contributed by atoms with Crippen molar-refractivity contribution < 1.29 is 4.74 Å².